The summed E-state index contributed by atoms with van der Waals surface area (Å²) in [6.45, 7) is 4.30. The molecular weight excluding hydrogens is 247 g/mol. The molecule has 5 heteroatoms. The van der Waals surface area contributed by atoms with Crippen molar-refractivity contribution in [2.75, 3.05) is 11.4 Å². The molecule has 1 aromatic carbocycles. The highest BCUT2D eigenvalue weighted by Crippen LogP contribution is 2.23. The average molecular weight is 264 g/mol. The second-order valence-electron chi connectivity index (χ2n) is 4.56. The van der Waals surface area contributed by atoms with Crippen molar-refractivity contribution >= 4 is 11.7 Å². The Hall–Kier alpha value is -2.09. The second kappa shape index (κ2) is 6.74. The lowest BCUT2D eigenvalue weighted by molar-refractivity contribution is -0.137. The molecule has 0 saturated heterocycles. The summed E-state index contributed by atoms with van der Waals surface area (Å²) in [5.74, 6) is -1.31. The van der Waals surface area contributed by atoms with Gasteiger partial charge in [0, 0.05) is 19.0 Å². The molecule has 0 bridgehead atoms. The number of hydrogen-bond donors (Lipinski definition) is 1. The third-order valence-electron chi connectivity index (χ3n) is 2.80. The van der Waals surface area contributed by atoms with Gasteiger partial charge >= 0.3 is 5.97 Å². The van der Waals surface area contributed by atoms with Gasteiger partial charge in [-0.05, 0) is 38.5 Å². The lowest BCUT2D eigenvalue weighted by atomic mass is 10.1. The Balaban J connectivity index is 2.87. The first-order valence-electron chi connectivity index (χ1n) is 6.13. The fourth-order valence-corrected chi connectivity index (χ4v) is 1.87. The summed E-state index contributed by atoms with van der Waals surface area (Å²) < 4.78 is 13.9. The monoisotopic (exact) mass is 264 g/mol. The predicted octanol–water partition coefficient (Wildman–Crippen LogP) is 2.78. The first-order valence-corrected chi connectivity index (χ1v) is 6.13. The van der Waals surface area contributed by atoms with Gasteiger partial charge in [-0.3, -0.25) is 4.79 Å². The molecule has 4 nitrogen and oxygen atoms in total. The molecule has 0 saturated carbocycles. The fraction of sp³-hybridized carbons (Fsp3) is 0.429. The van der Waals surface area contributed by atoms with E-state index in [-0.39, 0.29) is 18.0 Å². The molecule has 102 valence electrons. The number of benzene rings is 1. The minimum atomic E-state index is -0.857. The average Bonchev–Trinajstić information content (AvgIpc) is 2.34. The number of carboxylic acids is 1. The Morgan fingerprint density at radius 3 is 2.68 bits per heavy atom. The molecule has 1 rings (SSSR count). The summed E-state index contributed by atoms with van der Waals surface area (Å²) >= 11 is 0. The van der Waals surface area contributed by atoms with E-state index in [9.17, 15) is 9.18 Å². The van der Waals surface area contributed by atoms with Crippen LogP contribution in [0.4, 0.5) is 10.1 Å². The van der Waals surface area contributed by atoms with Gasteiger partial charge in [-0.1, -0.05) is 0 Å². The van der Waals surface area contributed by atoms with Crippen LogP contribution in [0.2, 0.25) is 0 Å². The second-order valence-corrected chi connectivity index (χ2v) is 4.56. The zero-order valence-corrected chi connectivity index (χ0v) is 11.1. The molecule has 19 heavy (non-hydrogen) atoms. The van der Waals surface area contributed by atoms with Crippen LogP contribution >= 0.6 is 0 Å². The molecule has 0 aliphatic rings. The van der Waals surface area contributed by atoms with Gasteiger partial charge in [0.25, 0.3) is 0 Å². The van der Waals surface area contributed by atoms with E-state index in [2.05, 4.69) is 0 Å². The molecule has 0 atom stereocenters. The number of halogens is 1. The summed E-state index contributed by atoms with van der Waals surface area (Å²) in [4.78, 5) is 12.3. The summed E-state index contributed by atoms with van der Waals surface area (Å²) in [6.07, 6.45) is 0.508. The van der Waals surface area contributed by atoms with E-state index >= 15 is 0 Å². The molecule has 0 unspecified atom stereocenters. The van der Waals surface area contributed by atoms with Crippen molar-refractivity contribution in [3.8, 4) is 6.07 Å². The van der Waals surface area contributed by atoms with Crippen molar-refractivity contribution < 1.29 is 14.3 Å². The fourth-order valence-electron chi connectivity index (χ4n) is 1.87. The molecule has 0 fully saturated rings. The maximum atomic E-state index is 13.9. The summed E-state index contributed by atoms with van der Waals surface area (Å²) in [7, 11) is 0. The van der Waals surface area contributed by atoms with E-state index in [1.54, 1.807) is 17.0 Å². The van der Waals surface area contributed by atoms with E-state index in [0.29, 0.717) is 18.7 Å². The Kier molecular flexibility index (Phi) is 5.31. The lowest BCUT2D eigenvalue weighted by Gasteiger charge is -2.29. The number of nitriles is 1. The minimum absolute atomic E-state index is 0.0521. The van der Waals surface area contributed by atoms with Gasteiger partial charge in [-0.25, -0.2) is 4.39 Å². The highest BCUT2D eigenvalue weighted by molar-refractivity contribution is 5.66. The zero-order chi connectivity index (χ0) is 14.4. The van der Waals surface area contributed by atoms with E-state index in [1.165, 1.54) is 6.07 Å². The Bertz CT molecular complexity index is 495. The maximum absolute atomic E-state index is 13.9. The number of carbonyl (C=O) groups is 1. The van der Waals surface area contributed by atoms with Crippen molar-refractivity contribution in [1.29, 1.82) is 5.26 Å². The highest BCUT2D eigenvalue weighted by Gasteiger charge is 2.15. The van der Waals surface area contributed by atoms with Crippen LogP contribution in [0.3, 0.4) is 0 Å². The van der Waals surface area contributed by atoms with Gasteiger partial charge in [0.2, 0.25) is 0 Å². The Labute approximate surface area is 112 Å². The number of aliphatic carboxylic acids is 1. The van der Waals surface area contributed by atoms with Gasteiger partial charge in [0.05, 0.1) is 17.3 Å². The largest absolute Gasteiger partial charge is 0.481 e. The summed E-state index contributed by atoms with van der Waals surface area (Å²) in [6, 6.07) is 6.26. The van der Waals surface area contributed by atoms with E-state index in [1.807, 2.05) is 19.9 Å². The first-order chi connectivity index (χ1) is 8.95. The Morgan fingerprint density at radius 2 is 2.21 bits per heavy atom. The molecular formula is C14H17FN2O2. The highest BCUT2D eigenvalue weighted by atomic mass is 19.1. The SMILES string of the molecule is CC(C)N(CCCC(=O)O)c1ccc(C#N)cc1F. The van der Waals surface area contributed by atoms with E-state index < -0.39 is 11.8 Å². The van der Waals surface area contributed by atoms with Gasteiger partial charge in [-0.2, -0.15) is 5.26 Å². The molecule has 0 aliphatic carbocycles. The van der Waals surface area contributed by atoms with Gasteiger partial charge in [0.1, 0.15) is 5.82 Å². The van der Waals surface area contributed by atoms with Crippen LogP contribution in [0.25, 0.3) is 0 Å². The summed E-state index contributed by atoms with van der Waals surface area (Å²) in [5, 5.41) is 17.3. The quantitative estimate of drug-likeness (QED) is 0.858. The van der Waals surface area contributed by atoms with Crippen molar-refractivity contribution in [2.45, 2.75) is 32.7 Å². The third-order valence-corrected chi connectivity index (χ3v) is 2.80. The zero-order valence-electron chi connectivity index (χ0n) is 11.1. The smallest absolute Gasteiger partial charge is 0.303 e. The molecule has 0 aromatic heterocycles. The van der Waals surface area contributed by atoms with Crippen LogP contribution < -0.4 is 4.90 Å². The molecule has 0 heterocycles. The Morgan fingerprint density at radius 1 is 1.53 bits per heavy atom. The maximum Gasteiger partial charge on any atom is 0.303 e. The molecule has 1 aromatic rings. The predicted molar refractivity (Wildman–Crippen MR) is 70.5 cm³/mol. The van der Waals surface area contributed by atoms with Crippen LogP contribution in [0, 0.1) is 17.1 Å². The number of carboxylic acid groups (broad SMARTS) is 1. The number of anilines is 1. The van der Waals surface area contributed by atoms with Gasteiger partial charge in [-0.15, -0.1) is 0 Å². The van der Waals surface area contributed by atoms with Crippen LogP contribution in [-0.4, -0.2) is 23.7 Å². The number of hydrogen-bond acceptors (Lipinski definition) is 3. The van der Waals surface area contributed by atoms with Crippen LogP contribution in [0.15, 0.2) is 18.2 Å². The van der Waals surface area contributed by atoms with Crippen LogP contribution in [-0.2, 0) is 4.79 Å². The lowest BCUT2D eigenvalue weighted by Crippen LogP contribution is -2.32. The molecule has 0 radical (unpaired) electrons. The van der Waals surface area contributed by atoms with Crippen molar-refractivity contribution in [2.24, 2.45) is 0 Å². The standard InChI is InChI=1S/C14H17FN2O2/c1-10(2)17(7-3-4-14(18)19)13-6-5-11(9-16)8-12(13)15/h5-6,8,10H,3-4,7H2,1-2H3,(H,18,19). The molecule has 1 N–H and O–H groups in total. The van der Waals surface area contributed by atoms with Crippen LogP contribution in [0.1, 0.15) is 32.3 Å². The van der Waals surface area contributed by atoms with E-state index in [4.69, 9.17) is 10.4 Å². The third kappa shape index (κ3) is 4.25. The van der Waals surface area contributed by atoms with Crippen molar-refractivity contribution in [1.82, 2.24) is 0 Å². The number of nitrogens with zero attached hydrogens (tertiary/aromatic N) is 2. The molecule has 0 amide bonds. The van der Waals surface area contributed by atoms with Gasteiger partial charge < -0.3 is 10.0 Å². The summed E-state index contributed by atoms with van der Waals surface area (Å²) in [5.41, 5.74) is 0.676. The topological polar surface area (TPSA) is 64.3 Å². The first kappa shape index (κ1) is 15.0. The van der Waals surface area contributed by atoms with Gasteiger partial charge in [0.15, 0.2) is 0 Å². The normalized spacial score (nSPS) is 10.3. The number of rotatable bonds is 6. The van der Waals surface area contributed by atoms with Crippen molar-refractivity contribution in [3.63, 3.8) is 0 Å². The van der Waals surface area contributed by atoms with E-state index in [0.717, 1.165) is 0 Å². The molecule has 0 aliphatic heterocycles. The minimum Gasteiger partial charge on any atom is -0.481 e. The van der Waals surface area contributed by atoms with Crippen molar-refractivity contribution in [3.05, 3.63) is 29.6 Å². The molecule has 0 spiro atoms. The van der Waals surface area contributed by atoms with Crippen LogP contribution in [0.5, 0.6) is 0 Å².